The summed E-state index contributed by atoms with van der Waals surface area (Å²) in [7, 11) is 1.69. The Labute approximate surface area is 99.1 Å². The molecule has 0 radical (unpaired) electrons. The fourth-order valence-electron chi connectivity index (χ4n) is 1.27. The highest BCUT2D eigenvalue weighted by atomic mass is 16.5. The van der Waals surface area contributed by atoms with Crippen LogP contribution >= 0.6 is 0 Å². The Kier molecular flexibility index (Phi) is 6.60. The molecule has 16 heavy (non-hydrogen) atoms. The Bertz CT molecular complexity index is 217. The summed E-state index contributed by atoms with van der Waals surface area (Å²) in [5, 5.41) is 6.17. The number of hydrogen-bond acceptors (Lipinski definition) is 3. The van der Waals surface area contributed by atoms with Crippen molar-refractivity contribution in [2.24, 2.45) is 5.41 Å². The van der Waals surface area contributed by atoms with Gasteiger partial charge >= 0.3 is 0 Å². The van der Waals surface area contributed by atoms with E-state index < -0.39 is 5.41 Å². The summed E-state index contributed by atoms with van der Waals surface area (Å²) in [4.78, 5) is 11.7. The van der Waals surface area contributed by atoms with E-state index in [2.05, 4.69) is 17.6 Å². The predicted molar refractivity (Wildman–Crippen MR) is 66.4 cm³/mol. The van der Waals surface area contributed by atoms with Gasteiger partial charge < -0.3 is 15.4 Å². The third kappa shape index (κ3) is 4.94. The van der Waals surface area contributed by atoms with Crippen LogP contribution in [0.15, 0.2) is 0 Å². The predicted octanol–water partition coefficient (Wildman–Crippen LogP) is 1.16. The van der Waals surface area contributed by atoms with Crippen LogP contribution in [0.4, 0.5) is 0 Å². The number of rotatable bonds is 7. The Hall–Kier alpha value is -0.610. The summed E-state index contributed by atoms with van der Waals surface area (Å²) in [6.07, 6.45) is 0.144. The first-order valence-corrected chi connectivity index (χ1v) is 5.89. The molecule has 0 aliphatic rings. The molecular formula is C12H26N2O2. The fourth-order valence-corrected chi connectivity index (χ4v) is 1.27. The minimum absolute atomic E-state index is 0.0831. The van der Waals surface area contributed by atoms with E-state index >= 15 is 0 Å². The van der Waals surface area contributed by atoms with Gasteiger partial charge in [-0.1, -0.05) is 0 Å². The van der Waals surface area contributed by atoms with Gasteiger partial charge in [0, 0.05) is 26.2 Å². The van der Waals surface area contributed by atoms with E-state index in [1.54, 1.807) is 7.11 Å². The molecule has 0 rings (SSSR count). The van der Waals surface area contributed by atoms with Crippen LogP contribution in [-0.4, -0.2) is 38.3 Å². The lowest BCUT2D eigenvalue weighted by molar-refractivity contribution is -0.129. The second-order valence-electron chi connectivity index (χ2n) is 4.85. The molecular weight excluding hydrogens is 204 g/mol. The van der Waals surface area contributed by atoms with Crippen LogP contribution in [0.3, 0.4) is 0 Å². The molecule has 1 amide bonds. The van der Waals surface area contributed by atoms with Crippen molar-refractivity contribution in [2.75, 3.05) is 20.2 Å². The summed E-state index contributed by atoms with van der Waals surface area (Å²) >= 11 is 0. The monoisotopic (exact) mass is 230 g/mol. The Balaban J connectivity index is 4.12. The lowest BCUT2D eigenvalue weighted by atomic mass is 9.91. The quantitative estimate of drug-likeness (QED) is 0.690. The van der Waals surface area contributed by atoms with Crippen LogP contribution in [0, 0.1) is 5.41 Å². The first-order chi connectivity index (χ1) is 7.35. The summed E-state index contributed by atoms with van der Waals surface area (Å²) < 4.78 is 5.22. The van der Waals surface area contributed by atoms with Crippen LogP contribution in [0.2, 0.25) is 0 Å². The van der Waals surface area contributed by atoms with Gasteiger partial charge in [0.1, 0.15) is 0 Å². The lowest BCUT2D eigenvalue weighted by Crippen LogP contribution is -2.47. The standard InChI is InChI=1S/C12H26N2O2/c1-7-13-11(15)12(4,5)8-14-9(2)10(3)16-6/h9-10,14H,7-8H2,1-6H3,(H,13,15). The average molecular weight is 230 g/mol. The van der Waals surface area contributed by atoms with Crippen molar-refractivity contribution in [3.63, 3.8) is 0 Å². The van der Waals surface area contributed by atoms with E-state index in [0.29, 0.717) is 13.1 Å². The highest BCUT2D eigenvalue weighted by Gasteiger charge is 2.27. The third-order valence-electron chi connectivity index (χ3n) is 2.89. The largest absolute Gasteiger partial charge is 0.380 e. The molecule has 0 saturated carbocycles. The molecule has 0 spiro atoms. The van der Waals surface area contributed by atoms with Crippen molar-refractivity contribution in [1.82, 2.24) is 10.6 Å². The molecule has 0 aliphatic heterocycles. The number of nitrogens with one attached hydrogen (secondary N) is 2. The van der Waals surface area contributed by atoms with E-state index in [4.69, 9.17) is 4.74 Å². The number of hydrogen-bond donors (Lipinski definition) is 2. The van der Waals surface area contributed by atoms with Crippen molar-refractivity contribution >= 4 is 5.91 Å². The van der Waals surface area contributed by atoms with Crippen LogP contribution in [0.5, 0.6) is 0 Å². The van der Waals surface area contributed by atoms with Gasteiger partial charge in [0.25, 0.3) is 0 Å². The van der Waals surface area contributed by atoms with Crippen molar-refractivity contribution in [1.29, 1.82) is 0 Å². The highest BCUT2D eigenvalue weighted by molar-refractivity contribution is 5.81. The topological polar surface area (TPSA) is 50.4 Å². The summed E-state index contributed by atoms with van der Waals surface area (Å²) in [6, 6.07) is 0.235. The maximum atomic E-state index is 11.7. The van der Waals surface area contributed by atoms with Crippen molar-refractivity contribution in [3.8, 4) is 0 Å². The van der Waals surface area contributed by atoms with Crippen LogP contribution in [-0.2, 0) is 9.53 Å². The van der Waals surface area contributed by atoms with Crippen molar-refractivity contribution in [3.05, 3.63) is 0 Å². The molecule has 0 heterocycles. The number of ether oxygens (including phenoxy) is 1. The third-order valence-corrected chi connectivity index (χ3v) is 2.89. The molecule has 2 atom stereocenters. The van der Waals surface area contributed by atoms with E-state index in [-0.39, 0.29) is 18.1 Å². The molecule has 0 aliphatic carbocycles. The summed E-state index contributed by atoms with van der Waals surface area (Å²) in [5.74, 6) is 0.0831. The molecule has 4 heteroatoms. The number of methoxy groups -OCH3 is 1. The maximum absolute atomic E-state index is 11.7. The molecule has 2 unspecified atom stereocenters. The number of carbonyl (C=O) groups is 1. The second-order valence-corrected chi connectivity index (χ2v) is 4.85. The zero-order chi connectivity index (χ0) is 12.8. The summed E-state index contributed by atoms with van der Waals surface area (Å²) in [5.41, 5.74) is -0.391. The van der Waals surface area contributed by atoms with Gasteiger partial charge in [-0.15, -0.1) is 0 Å². The average Bonchev–Trinajstić information content (AvgIpc) is 2.25. The molecule has 0 aromatic heterocycles. The van der Waals surface area contributed by atoms with Gasteiger partial charge in [-0.2, -0.15) is 0 Å². The van der Waals surface area contributed by atoms with Gasteiger partial charge in [-0.25, -0.2) is 0 Å². The fraction of sp³-hybridized carbons (Fsp3) is 0.917. The van der Waals surface area contributed by atoms with E-state index in [1.165, 1.54) is 0 Å². The number of carbonyl (C=O) groups excluding carboxylic acids is 1. The van der Waals surface area contributed by atoms with Gasteiger partial charge in [-0.3, -0.25) is 4.79 Å². The normalized spacial score (nSPS) is 15.6. The van der Waals surface area contributed by atoms with Crippen LogP contribution in [0.25, 0.3) is 0 Å². The second kappa shape index (κ2) is 6.86. The van der Waals surface area contributed by atoms with Gasteiger partial charge in [0.2, 0.25) is 5.91 Å². The minimum Gasteiger partial charge on any atom is -0.380 e. The SMILES string of the molecule is CCNC(=O)C(C)(C)CNC(C)C(C)OC. The first kappa shape index (κ1) is 15.4. The molecule has 0 aromatic rings. The highest BCUT2D eigenvalue weighted by Crippen LogP contribution is 2.14. The van der Waals surface area contributed by atoms with Gasteiger partial charge in [0.15, 0.2) is 0 Å². The molecule has 4 nitrogen and oxygen atoms in total. The molecule has 2 N–H and O–H groups in total. The van der Waals surface area contributed by atoms with Gasteiger partial charge in [0.05, 0.1) is 11.5 Å². The smallest absolute Gasteiger partial charge is 0.226 e. The summed E-state index contributed by atoms with van der Waals surface area (Å²) in [6.45, 7) is 11.2. The lowest BCUT2D eigenvalue weighted by Gasteiger charge is -2.27. The number of amides is 1. The van der Waals surface area contributed by atoms with Crippen LogP contribution in [0.1, 0.15) is 34.6 Å². The molecule has 0 aromatic carbocycles. The van der Waals surface area contributed by atoms with E-state index in [1.807, 2.05) is 27.7 Å². The Morgan fingerprint density at radius 1 is 1.38 bits per heavy atom. The molecule has 0 fully saturated rings. The first-order valence-electron chi connectivity index (χ1n) is 5.89. The zero-order valence-electron chi connectivity index (χ0n) is 11.4. The van der Waals surface area contributed by atoms with Crippen LogP contribution < -0.4 is 10.6 Å². The van der Waals surface area contributed by atoms with Crippen molar-refractivity contribution in [2.45, 2.75) is 46.8 Å². The van der Waals surface area contributed by atoms with E-state index in [0.717, 1.165) is 0 Å². The van der Waals surface area contributed by atoms with Gasteiger partial charge in [-0.05, 0) is 34.6 Å². The minimum atomic E-state index is -0.391. The maximum Gasteiger partial charge on any atom is 0.226 e. The van der Waals surface area contributed by atoms with E-state index in [9.17, 15) is 4.79 Å². The molecule has 0 bridgehead atoms. The molecule has 96 valence electrons. The Morgan fingerprint density at radius 2 is 1.94 bits per heavy atom. The zero-order valence-corrected chi connectivity index (χ0v) is 11.4. The Morgan fingerprint density at radius 3 is 2.38 bits per heavy atom. The molecule has 0 saturated heterocycles. The van der Waals surface area contributed by atoms with Crippen molar-refractivity contribution < 1.29 is 9.53 Å².